The van der Waals surface area contributed by atoms with E-state index in [1.165, 1.54) is 0 Å². The van der Waals surface area contributed by atoms with Crippen molar-refractivity contribution in [2.24, 2.45) is 17.3 Å². The Morgan fingerprint density at radius 1 is 1.15 bits per heavy atom. The summed E-state index contributed by atoms with van der Waals surface area (Å²) >= 11 is 0. The van der Waals surface area contributed by atoms with Gasteiger partial charge in [0.15, 0.2) is 0 Å². The molecule has 0 saturated heterocycles. The van der Waals surface area contributed by atoms with E-state index in [1.807, 2.05) is 31.2 Å². The summed E-state index contributed by atoms with van der Waals surface area (Å²) in [5.41, 5.74) is 1.14. The Kier molecular flexibility index (Phi) is 4.19. The van der Waals surface area contributed by atoms with Crippen LogP contribution in [0.5, 0.6) is 0 Å². The molecule has 1 aromatic carbocycles. The molecule has 0 aromatic heterocycles. The monoisotopic (exact) mass is 292 g/mol. The lowest BCUT2D eigenvalue weighted by molar-refractivity contribution is -0.117. The Morgan fingerprint density at radius 3 is 2.20 bits per heavy atom. The van der Waals surface area contributed by atoms with E-state index in [9.17, 15) is 9.00 Å². The third kappa shape index (κ3) is 2.88. The molecule has 4 atom stereocenters. The molecule has 0 amide bonds. The maximum absolute atomic E-state index is 12.9. The second kappa shape index (κ2) is 5.44. The molecule has 1 aliphatic rings. The summed E-state index contributed by atoms with van der Waals surface area (Å²) in [6, 6.07) is 7.70. The Hall–Kier alpha value is -0.960. The summed E-state index contributed by atoms with van der Waals surface area (Å²) in [5.74, 6) is 0.648. The van der Waals surface area contributed by atoms with Gasteiger partial charge in [0, 0.05) is 11.3 Å². The van der Waals surface area contributed by atoms with Gasteiger partial charge in [-0.15, -0.1) is 0 Å². The number of rotatable bonds is 2. The van der Waals surface area contributed by atoms with Crippen molar-refractivity contribution in [1.82, 2.24) is 0 Å². The molecule has 1 saturated carbocycles. The van der Waals surface area contributed by atoms with Gasteiger partial charge in [-0.05, 0) is 36.3 Å². The second-order valence-corrected chi connectivity index (χ2v) is 8.64. The minimum absolute atomic E-state index is 0.00337. The molecule has 0 aliphatic heterocycles. The van der Waals surface area contributed by atoms with Crippen LogP contribution in [0.3, 0.4) is 0 Å². The smallest absolute Gasteiger partial charge is 0.149 e. The molecule has 1 fully saturated rings. The van der Waals surface area contributed by atoms with Crippen LogP contribution >= 0.6 is 0 Å². The first kappa shape index (κ1) is 15.4. The van der Waals surface area contributed by atoms with Gasteiger partial charge >= 0.3 is 0 Å². The van der Waals surface area contributed by atoms with E-state index in [2.05, 4.69) is 27.7 Å². The van der Waals surface area contributed by atoms with Gasteiger partial charge in [-0.1, -0.05) is 45.4 Å². The van der Waals surface area contributed by atoms with Crippen LogP contribution in [0.4, 0.5) is 0 Å². The second-order valence-electron chi connectivity index (χ2n) is 7.07. The summed E-state index contributed by atoms with van der Waals surface area (Å²) in [6.07, 6.45) is 0.560. The van der Waals surface area contributed by atoms with Crippen molar-refractivity contribution in [3.8, 4) is 0 Å². The summed E-state index contributed by atoms with van der Waals surface area (Å²) in [5, 5.41) is -0.354. The molecule has 0 radical (unpaired) electrons. The van der Waals surface area contributed by atoms with Gasteiger partial charge < -0.3 is 0 Å². The molecule has 110 valence electrons. The third-order valence-corrected chi connectivity index (χ3v) is 6.02. The fourth-order valence-corrected chi connectivity index (χ4v) is 5.41. The van der Waals surface area contributed by atoms with Crippen molar-refractivity contribution in [3.05, 3.63) is 29.8 Å². The molecule has 0 bridgehead atoms. The molecule has 1 aliphatic carbocycles. The topological polar surface area (TPSA) is 34.1 Å². The molecule has 0 heterocycles. The van der Waals surface area contributed by atoms with Gasteiger partial charge in [0.25, 0.3) is 0 Å². The van der Waals surface area contributed by atoms with Crippen LogP contribution < -0.4 is 0 Å². The van der Waals surface area contributed by atoms with Crippen LogP contribution in [0.2, 0.25) is 0 Å². The minimum Gasteiger partial charge on any atom is -0.298 e. The van der Waals surface area contributed by atoms with E-state index < -0.39 is 10.8 Å². The largest absolute Gasteiger partial charge is 0.298 e. The normalized spacial score (nSPS) is 28.6. The van der Waals surface area contributed by atoms with Gasteiger partial charge in [-0.2, -0.15) is 0 Å². The highest BCUT2D eigenvalue weighted by Gasteiger charge is 2.49. The van der Waals surface area contributed by atoms with E-state index in [0.717, 1.165) is 10.5 Å². The Balaban J connectivity index is 2.36. The maximum atomic E-state index is 12.9. The standard InChI is InChI=1S/C17H24O2S/c1-11-6-8-13(9-7-11)20(19)16-14(18)10-12(2)15(16)17(3,4)5/h6-9,12,15-16H,10H2,1-5H3/t12-,15+,16?,20+/m1/s1. The van der Waals surface area contributed by atoms with E-state index >= 15 is 0 Å². The van der Waals surface area contributed by atoms with Gasteiger partial charge in [0.05, 0.1) is 10.8 Å². The van der Waals surface area contributed by atoms with Crippen molar-refractivity contribution < 1.29 is 9.00 Å². The quantitative estimate of drug-likeness (QED) is 0.832. The predicted octanol–water partition coefficient (Wildman–Crippen LogP) is 3.74. The van der Waals surface area contributed by atoms with Crippen LogP contribution in [0.1, 0.15) is 39.7 Å². The zero-order valence-corrected chi connectivity index (χ0v) is 13.8. The number of ketones is 1. The lowest BCUT2D eigenvalue weighted by atomic mass is 9.75. The summed E-state index contributed by atoms with van der Waals surface area (Å²) in [7, 11) is -1.24. The summed E-state index contributed by atoms with van der Waals surface area (Å²) < 4.78 is 12.9. The Labute approximate surface area is 124 Å². The predicted molar refractivity (Wildman–Crippen MR) is 83.1 cm³/mol. The third-order valence-electron chi connectivity index (χ3n) is 4.26. The molecular formula is C17H24O2S. The SMILES string of the molecule is Cc1ccc([S@](=O)C2C(=O)C[C@@H](C)[C@@H]2C(C)(C)C)cc1. The molecule has 1 aromatic rings. The zero-order chi connectivity index (χ0) is 15.1. The molecule has 0 N–H and O–H groups in total. The molecular weight excluding hydrogens is 268 g/mol. The van der Waals surface area contributed by atoms with Crippen LogP contribution in [-0.4, -0.2) is 15.2 Å². The van der Waals surface area contributed by atoms with Crippen molar-refractivity contribution >= 4 is 16.6 Å². The molecule has 2 rings (SSSR count). The maximum Gasteiger partial charge on any atom is 0.149 e. The van der Waals surface area contributed by atoms with Gasteiger partial charge in [-0.3, -0.25) is 9.00 Å². The first-order valence-electron chi connectivity index (χ1n) is 7.22. The number of benzene rings is 1. The van der Waals surface area contributed by atoms with Crippen molar-refractivity contribution in [2.45, 2.75) is 51.2 Å². The molecule has 2 nitrogen and oxygen atoms in total. The van der Waals surface area contributed by atoms with Crippen LogP contribution in [0.15, 0.2) is 29.2 Å². The molecule has 20 heavy (non-hydrogen) atoms. The van der Waals surface area contributed by atoms with Crippen molar-refractivity contribution in [2.75, 3.05) is 0 Å². The first-order chi connectivity index (χ1) is 9.21. The first-order valence-corrected chi connectivity index (χ1v) is 8.43. The highest BCUT2D eigenvalue weighted by Crippen LogP contribution is 2.44. The van der Waals surface area contributed by atoms with Gasteiger partial charge in [0.2, 0.25) is 0 Å². The van der Waals surface area contributed by atoms with E-state index in [1.54, 1.807) is 0 Å². The Morgan fingerprint density at radius 2 is 1.70 bits per heavy atom. The average Bonchev–Trinajstić information content (AvgIpc) is 2.64. The number of carbonyl (C=O) groups is 1. The summed E-state index contributed by atoms with van der Waals surface area (Å²) in [4.78, 5) is 13.1. The van der Waals surface area contributed by atoms with Crippen LogP contribution in [0, 0.1) is 24.2 Å². The zero-order valence-electron chi connectivity index (χ0n) is 13.0. The minimum atomic E-state index is -1.24. The Bertz CT molecular complexity index is 525. The number of hydrogen-bond donors (Lipinski definition) is 0. The van der Waals surface area contributed by atoms with Crippen molar-refractivity contribution in [3.63, 3.8) is 0 Å². The fourth-order valence-electron chi connectivity index (χ4n) is 3.44. The van der Waals surface area contributed by atoms with E-state index in [4.69, 9.17) is 0 Å². The highest BCUT2D eigenvalue weighted by molar-refractivity contribution is 7.86. The van der Waals surface area contributed by atoms with Crippen LogP contribution in [-0.2, 0) is 15.6 Å². The number of aryl methyl sites for hydroxylation is 1. The van der Waals surface area contributed by atoms with Gasteiger partial charge in [-0.25, -0.2) is 0 Å². The van der Waals surface area contributed by atoms with Gasteiger partial charge in [0.1, 0.15) is 11.0 Å². The summed E-state index contributed by atoms with van der Waals surface area (Å²) in [6.45, 7) is 10.6. The lowest BCUT2D eigenvalue weighted by Gasteiger charge is -2.34. The molecule has 1 unspecified atom stereocenters. The molecule has 0 spiro atoms. The number of hydrogen-bond acceptors (Lipinski definition) is 2. The average molecular weight is 292 g/mol. The fraction of sp³-hybridized carbons (Fsp3) is 0.588. The number of carbonyl (C=O) groups excluding carboxylic acids is 1. The molecule has 3 heteroatoms. The van der Waals surface area contributed by atoms with Crippen LogP contribution in [0.25, 0.3) is 0 Å². The van der Waals surface area contributed by atoms with E-state index in [-0.39, 0.29) is 22.4 Å². The number of Topliss-reactive ketones (excluding diaryl/α,β-unsaturated/α-hetero) is 1. The lowest BCUT2D eigenvalue weighted by Crippen LogP contribution is -2.36. The van der Waals surface area contributed by atoms with Crippen molar-refractivity contribution in [1.29, 1.82) is 0 Å². The highest BCUT2D eigenvalue weighted by atomic mass is 32.2. The van der Waals surface area contributed by atoms with E-state index in [0.29, 0.717) is 12.3 Å².